The number of hydrogen-bond donors (Lipinski definition) is 5. The summed E-state index contributed by atoms with van der Waals surface area (Å²) in [6, 6.07) is 3.37. The van der Waals surface area contributed by atoms with Crippen molar-refractivity contribution in [2.24, 2.45) is 10.2 Å². The molecule has 3 aromatic rings. The Balaban J connectivity index is 2.31. The third kappa shape index (κ3) is 4.64. The van der Waals surface area contributed by atoms with E-state index in [-0.39, 0.29) is 0 Å². The van der Waals surface area contributed by atoms with E-state index in [1.54, 1.807) is 0 Å². The number of azo groups is 1. The number of rotatable bonds is 5. The van der Waals surface area contributed by atoms with Gasteiger partial charge in [0.2, 0.25) is 0 Å². The van der Waals surface area contributed by atoms with Crippen molar-refractivity contribution in [1.82, 2.24) is 0 Å². The lowest BCUT2D eigenvalue weighted by atomic mass is 10.1. The number of halogens is 1. The van der Waals surface area contributed by atoms with Crippen molar-refractivity contribution in [1.29, 1.82) is 0 Å². The van der Waals surface area contributed by atoms with Crippen LogP contribution in [0.3, 0.4) is 0 Å². The van der Waals surface area contributed by atoms with E-state index in [0.29, 0.717) is 24.3 Å². The van der Waals surface area contributed by atoms with Gasteiger partial charge in [-0.1, -0.05) is 11.6 Å². The number of nitro benzene ring substituents is 1. The SMILES string of the molecule is O=[N+]([O-])c1cc(O)c(N=Nc2c(S(=O)(=O)O)cc3cc(S(=O)(=O)O)cc(O)c3c2O)cc1Cl. The first kappa shape index (κ1) is 24.1. The van der Waals surface area contributed by atoms with Gasteiger partial charge in [0.15, 0.2) is 5.75 Å². The minimum atomic E-state index is -5.13. The van der Waals surface area contributed by atoms with Crippen molar-refractivity contribution >= 4 is 59.7 Å². The summed E-state index contributed by atoms with van der Waals surface area (Å²) in [5.41, 5.74) is -2.09. The smallest absolute Gasteiger partial charge is 0.296 e. The zero-order valence-electron chi connectivity index (χ0n) is 15.6. The second-order valence-corrected chi connectivity index (χ2v) is 9.53. The fraction of sp³-hybridized carbons (Fsp3) is 0. The molecule has 0 fully saturated rings. The molecule has 0 aliphatic heterocycles. The van der Waals surface area contributed by atoms with Gasteiger partial charge in [-0.05, 0) is 23.6 Å². The number of aromatic hydroxyl groups is 3. The summed E-state index contributed by atoms with van der Waals surface area (Å²) in [6.45, 7) is 0. The van der Waals surface area contributed by atoms with Gasteiger partial charge in [0.25, 0.3) is 25.9 Å². The van der Waals surface area contributed by atoms with E-state index in [1.807, 2.05) is 0 Å². The highest BCUT2D eigenvalue weighted by atomic mass is 35.5. The van der Waals surface area contributed by atoms with Crippen LogP contribution in [0.4, 0.5) is 17.1 Å². The molecule has 174 valence electrons. The Kier molecular flexibility index (Phi) is 5.90. The molecule has 3 rings (SSSR count). The van der Waals surface area contributed by atoms with Crippen LogP contribution in [0.25, 0.3) is 10.8 Å². The Morgan fingerprint density at radius 2 is 1.52 bits per heavy atom. The van der Waals surface area contributed by atoms with E-state index in [9.17, 15) is 46.8 Å². The van der Waals surface area contributed by atoms with Crippen LogP contribution in [0.15, 0.2) is 50.4 Å². The Bertz CT molecular complexity index is 1590. The molecule has 0 saturated heterocycles. The van der Waals surface area contributed by atoms with Crippen molar-refractivity contribution in [3.05, 3.63) is 45.5 Å². The van der Waals surface area contributed by atoms with Gasteiger partial charge in [-0.25, -0.2) is 0 Å². The molecule has 0 aromatic heterocycles. The number of benzene rings is 3. The molecule has 33 heavy (non-hydrogen) atoms. The average molecular weight is 520 g/mol. The van der Waals surface area contributed by atoms with Gasteiger partial charge in [0.1, 0.15) is 32.8 Å². The van der Waals surface area contributed by atoms with Gasteiger partial charge in [0.05, 0.1) is 21.3 Å². The van der Waals surface area contributed by atoms with Crippen molar-refractivity contribution in [2.45, 2.75) is 9.79 Å². The molecular weight excluding hydrogens is 510 g/mol. The summed E-state index contributed by atoms with van der Waals surface area (Å²) >= 11 is 5.72. The summed E-state index contributed by atoms with van der Waals surface area (Å²) in [5.74, 6) is -2.77. The van der Waals surface area contributed by atoms with E-state index in [1.165, 1.54) is 0 Å². The summed E-state index contributed by atoms with van der Waals surface area (Å²) in [5, 5.41) is 46.9. The molecule has 0 amide bonds. The number of fused-ring (bicyclic) bond motifs is 1. The molecular formula is C16H10ClN3O11S2. The third-order valence-corrected chi connectivity index (χ3v) is 6.18. The van der Waals surface area contributed by atoms with Gasteiger partial charge in [-0.2, -0.15) is 16.8 Å². The molecule has 14 nitrogen and oxygen atoms in total. The van der Waals surface area contributed by atoms with Crippen LogP contribution in [0.1, 0.15) is 0 Å². The number of phenols is 3. The summed E-state index contributed by atoms with van der Waals surface area (Å²) in [6.07, 6.45) is 0. The van der Waals surface area contributed by atoms with E-state index in [0.717, 1.165) is 6.07 Å². The molecule has 3 aromatic carbocycles. The number of hydrogen-bond acceptors (Lipinski definition) is 11. The lowest BCUT2D eigenvalue weighted by Gasteiger charge is -2.11. The quantitative estimate of drug-likeness (QED) is 0.141. The maximum absolute atomic E-state index is 11.8. The summed E-state index contributed by atoms with van der Waals surface area (Å²) < 4.78 is 65.1. The minimum Gasteiger partial charge on any atom is -0.507 e. The van der Waals surface area contributed by atoms with Crippen LogP contribution in [0, 0.1) is 10.1 Å². The molecule has 0 spiro atoms. The lowest BCUT2D eigenvalue weighted by Crippen LogP contribution is -2.01. The summed E-state index contributed by atoms with van der Waals surface area (Å²) in [4.78, 5) is 8.04. The van der Waals surface area contributed by atoms with Crippen molar-refractivity contribution in [2.75, 3.05) is 0 Å². The monoisotopic (exact) mass is 519 g/mol. The molecule has 0 atom stereocenters. The molecule has 0 saturated carbocycles. The molecule has 0 aliphatic rings. The van der Waals surface area contributed by atoms with Crippen LogP contribution in [0.5, 0.6) is 17.2 Å². The largest absolute Gasteiger partial charge is 0.507 e. The van der Waals surface area contributed by atoms with E-state index in [4.69, 9.17) is 16.2 Å². The number of phenolic OH excluding ortho intramolecular Hbond substituents is 3. The van der Waals surface area contributed by atoms with Crippen molar-refractivity contribution in [3.63, 3.8) is 0 Å². The maximum Gasteiger partial charge on any atom is 0.296 e. The van der Waals surface area contributed by atoms with Gasteiger partial charge < -0.3 is 15.3 Å². The molecule has 0 bridgehead atoms. The molecule has 17 heteroatoms. The molecule has 0 heterocycles. The first-order chi connectivity index (χ1) is 15.1. The van der Waals surface area contributed by atoms with Crippen LogP contribution in [-0.4, -0.2) is 46.2 Å². The van der Waals surface area contributed by atoms with Gasteiger partial charge in [-0.3, -0.25) is 19.2 Å². The van der Waals surface area contributed by atoms with Crippen LogP contribution >= 0.6 is 11.6 Å². The Hall–Kier alpha value is -3.57. The Morgan fingerprint density at radius 1 is 0.879 bits per heavy atom. The van der Waals surface area contributed by atoms with Gasteiger partial charge in [0, 0.05) is 6.07 Å². The number of nitro groups is 1. The second kappa shape index (κ2) is 8.09. The predicted molar refractivity (Wildman–Crippen MR) is 111 cm³/mol. The fourth-order valence-electron chi connectivity index (χ4n) is 2.74. The van der Waals surface area contributed by atoms with E-state index in [2.05, 4.69) is 10.2 Å². The highest BCUT2D eigenvalue weighted by molar-refractivity contribution is 7.86. The molecule has 0 aliphatic carbocycles. The van der Waals surface area contributed by atoms with E-state index < -0.39 is 85.1 Å². The first-order valence-corrected chi connectivity index (χ1v) is 11.4. The van der Waals surface area contributed by atoms with E-state index >= 15 is 0 Å². The predicted octanol–water partition coefficient (Wildman–Crippen LogP) is 3.43. The lowest BCUT2D eigenvalue weighted by molar-refractivity contribution is -0.384. The highest BCUT2D eigenvalue weighted by Crippen LogP contribution is 2.46. The van der Waals surface area contributed by atoms with Crippen LogP contribution in [0.2, 0.25) is 5.02 Å². The highest BCUT2D eigenvalue weighted by Gasteiger charge is 2.25. The zero-order chi connectivity index (χ0) is 24.9. The molecule has 5 N–H and O–H groups in total. The Labute approximate surface area is 188 Å². The molecule has 0 unspecified atom stereocenters. The normalized spacial score (nSPS) is 12.5. The maximum atomic E-state index is 11.8. The molecule has 0 radical (unpaired) electrons. The minimum absolute atomic E-state index is 0.423. The van der Waals surface area contributed by atoms with Crippen LogP contribution < -0.4 is 0 Å². The zero-order valence-corrected chi connectivity index (χ0v) is 18.0. The Morgan fingerprint density at radius 3 is 2.06 bits per heavy atom. The van der Waals surface area contributed by atoms with Gasteiger partial charge in [-0.15, -0.1) is 10.2 Å². The third-order valence-electron chi connectivity index (χ3n) is 4.18. The fourth-order valence-corrected chi connectivity index (χ4v) is 4.17. The van der Waals surface area contributed by atoms with Crippen LogP contribution in [-0.2, 0) is 20.2 Å². The topological polar surface area (TPSA) is 237 Å². The average Bonchev–Trinajstić information content (AvgIpc) is 2.66. The van der Waals surface area contributed by atoms with Crippen molar-refractivity contribution in [3.8, 4) is 17.2 Å². The van der Waals surface area contributed by atoms with Crippen molar-refractivity contribution < 1.29 is 46.2 Å². The van der Waals surface area contributed by atoms with Gasteiger partial charge >= 0.3 is 0 Å². The first-order valence-electron chi connectivity index (χ1n) is 8.17. The second-order valence-electron chi connectivity index (χ2n) is 6.31. The summed E-state index contributed by atoms with van der Waals surface area (Å²) in [7, 11) is -9.97. The number of nitrogens with zero attached hydrogens (tertiary/aromatic N) is 3. The standard InChI is InChI=1S/C16H10ClN3O11S2/c17-8-4-9(11(21)5-10(8)20(24)25)18-19-15-13(33(29,30)31)2-6-1-7(32(26,27)28)3-12(22)14(6)16(15)23/h1-5,21-23H,(H,26,27,28)(H,29,30,31).